The molecular formula is C16H15F2N5OS. The van der Waals surface area contributed by atoms with E-state index in [0.29, 0.717) is 5.69 Å². The van der Waals surface area contributed by atoms with Crippen LogP contribution in [0.1, 0.15) is 23.8 Å². The highest BCUT2D eigenvalue weighted by molar-refractivity contribution is 7.19. The second-order valence-corrected chi connectivity index (χ2v) is 6.31. The van der Waals surface area contributed by atoms with Crippen molar-refractivity contribution in [3.05, 3.63) is 47.9 Å². The molecule has 0 radical (unpaired) electrons. The van der Waals surface area contributed by atoms with Crippen LogP contribution in [0, 0.1) is 11.6 Å². The lowest BCUT2D eigenvalue weighted by Gasteiger charge is -2.01. The molecule has 6 nitrogen and oxygen atoms in total. The van der Waals surface area contributed by atoms with Crippen LogP contribution in [0.2, 0.25) is 0 Å². The molecule has 0 bridgehead atoms. The van der Waals surface area contributed by atoms with Crippen molar-refractivity contribution in [2.24, 2.45) is 0 Å². The molecule has 1 amide bonds. The summed E-state index contributed by atoms with van der Waals surface area (Å²) < 4.78 is 29.4. The molecule has 3 N–H and O–H groups in total. The fraction of sp³-hybridized carbons (Fsp3) is 0.188. The summed E-state index contributed by atoms with van der Waals surface area (Å²) >= 11 is 0.853. The van der Waals surface area contributed by atoms with Crippen molar-refractivity contribution >= 4 is 27.9 Å². The molecule has 130 valence electrons. The van der Waals surface area contributed by atoms with Crippen molar-refractivity contribution in [1.29, 1.82) is 0 Å². The Hall–Kier alpha value is -2.81. The third-order valence-electron chi connectivity index (χ3n) is 3.39. The standard InChI is InChI=1S/C16H15F2N5OS/c1-2-6-23-8-9(7-20-23)21-15(24)13-14(19)25-16(22-13)12-10(17)4-3-5-11(12)18/h3-5,7-8H,2,6,19H2,1H3,(H,21,24). The van der Waals surface area contributed by atoms with Crippen LogP contribution in [-0.2, 0) is 6.54 Å². The Labute approximate surface area is 146 Å². The summed E-state index contributed by atoms with van der Waals surface area (Å²) in [5, 5.41) is 6.82. The number of benzene rings is 1. The first-order valence-corrected chi connectivity index (χ1v) is 8.35. The van der Waals surface area contributed by atoms with Crippen molar-refractivity contribution in [1.82, 2.24) is 14.8 Å². The van der Waals surface area contributed by atoms with E-state index in [-0.39, 0.29) is 21.3 Å². The minimum absolute atomic E-state index is 0.0138. The molecule has 1 aromatic carbocycles. The number of aromatic nitrogens is 3. The number of nitrogens with one attached hydrogen (secondary N) is 1. The molecule has 0 aliphatic carbocycles. The summed E-state index contributed by atoms with van der Waals surface area (Å²) in [5.74, 6) is -2.09. The second-order valence-electron chi connectivity index (χ2n) is 5.27. The van der Waals surface area contributed by atoms with E-state index in [1.165, 1.54) is 12.3 Å². The Kier molecular flexibility index (Phi) is 4.75. The van der Waals surface area contributed by atoms with Gasteiger partial charge in [0.1, 0.15) is 21.6 Å². The van der Waals surface area contributed by atoms with E-state index < -0.39 is 17.5 Å². The predicted octanol–water partition coefficient (Wildman–Crippen LogP) is 3.53. The normalized spacial score (nSPS) is 10.8. The maximum atomic E-state index is 13.9. The van der Waals surface area contributed by atoms with E-state index in [9.17, 15) is 13.6 Å². The van der Waals surface area contributed by atoms with Gasteiger partial charge in [-0.25, -0.2) is 13.8 Å². The van der Waals surface area contributed by atoms with Crippen LogP contribution in [0.3, 0.4) is 0 Å². The Morgan fingerprint density at radius 1 is 1.36 bits per heavy atom. The van der Waals surface area contributed by atoms with Gasteiger partial charge in [-0.15, -0.1) is 0 Å². The Morgan fingerprint density at radius 3 is 2.76 bits per heavy atom. The molecule has 0 aliphatic heterocycles. The number of nitrogens with zero attached hydrogens (tertiary/aromatic N) is 3. The fourth-order valence-corrected chi connectivity index (χ4v) is 3.15. The molecule has 2 aromatic heterocycles. The summed E-state index contributed by atoms with van der Waals surface area (Å²) in [6.45, 7) is 2.74. The lowest BCUT2D eigenvalue weighted by Crippen LogP contribution is -2.13. The van der Waals surface area contributed by atoms with Gasteiger partial charge in [0.05, 0.1) is 17.4 Å². The highest BCUT2D eigenvalue weighted by atomic mass is 32.1. The van der Waals surface area contributed by atoms with Gasteiger partial charge < -0.3 is 11.1 Å². The first-order valence-electron chi connectivity index (χ1n) is 7.54. The number of rotatable bonds is 5. The number of aryl methyl sites for hydroxylation is 1. The van der Waals surface area contributed by atoms with E-state index in [4.69, 9.17) is 5.73 Å². The maximum absolute atomic E-state index is 13.9. The van der Waals surface area contributed by atoms with Crippen molar-refractivity contribution in [2.75, 3.05) is 11.1 Å². The minimum Gasteiger partial charge on any atom is -0.389 e. The average Bonchev–Trinajstić information content (AvgIpc) is 3.14. The van der Waals surface area contributed by atoms with E-state index >= 15 is 0 Å². The quantitative estimate of drug-likeness (QED) is 0.726. The van der Waals surface area contributed by atoms with Crippen molar-refractivity contribution in [3.63, 3.8) is 0 Å². The Morgan fingerprint density at radius 2 is 2.08 bits per heavy atom. The Bertz CT molecular complexity index is 901. The van der Waals surface area contributed by atoms with Gasteiger partial charge in [0, 0.05) is 12.7 Å². The van der Waals surface area contributed by atoms with Crippen LogP contribution in [0.25, 0.3) is 10.6 Å². The zero-order chi connectivity index (χ0) is 18.0. The molecule has 0 spiro atoms. The number of carbonyl (C=O) groups excluding carboxylic acids is 1. The molecule has 0 saturated heterocycles. The zero-order valence-electron chi connectivity index (χ0n) is 13.3. The van der Waals surface area contributed by atoms with Crippen LogP contribution < -0.4 is 11.1 Å². The monoisotopic (exact) mass is 363 g/mol. The van der Waals surface area contributed by atoms with Gasteiger partial charge in [-0.2, -0.15) is 5.10 Å². The second kappa shape index (κ2) is 6.98. The number of thiazole rings is 1. The molecule has 0 saturated carbocycles. The number of anilines is 2. The number of hydrogen-bond acceptors (Lipinski definition) is 5. The van der Waals surface area contributed by atoms with Gasteiger partial charge >= 0.3 is 0 Å². The molecule has 0 fully saturated rings. The molecule has 3 rings (SSSR count). The van der Waals surface area contributed by atoms with Crippen molar-refractivity contribution in [3.8, 4) is 10.6 Å². The first-order chi connectivity index (χ1) is 12.0. The van der Waals surface area contributed by atoms with Gasteiger partial charge in [0.15, 0.2) is 5.69 Å². The van der Waals surface area contributed by atoms with E-state index in [2.05, 4.69) is 15.4 Å². The third-order valence-corrected chi connectivity index (χ3v) is 4.29. The largest absolute Gasteiger partial charge is 0.389 e. The summed E-state index contributed by atoms with van der Waals surface area (Å²) in [6.07, 6.45) is 4.10. The van der Waals surface area contributed by atoms with Gasteiger partial charge in [-0.3, -0.25) is 9.48 Å². The van der Waals surface area contributed by atoms with Crippen LogP contribution in [0.15, 0.2) is 30.6 Å². The van der Waals surface area contributed by atoms with Gasteiger partial charge in [-0.05, 0) is 18.6 Å². The minimum atomic E-state index is -0.762. The van der Waals surface area contributed by atoms with Crippen molar-refractivity contribution < 1.29 is 13.6 Å². The lowest BCUT2D eigenvalue weighted by atomic mass is 10.2. The number of hydrogen-bond donors (Lipinski definition) is 2. The van der Waals surface area contributed by atoms with E-state index in [1.54, 1.807) is 10.9 Å². The summed E-state index contributed by atoms with van der Waals surface area (Å²) in [6, 6.07) is 3.50. The van der Waals surface area contributed by atoms with Crippen LogP contribution >= 0.6 is 11.3 Å². The third kappa shape index (κ3) is 3.50. The number of nitrogen functional groups attached to an aromatic ring is 1. The molecule has 2 heterocycles. The number of amides is 1. The zero-order valence-corrected chi connectivity index (χ0v) is 14.1. The lowest BCUT2D eigenvalue weighted by molar-refractivity contribution is 0.102. The first kappa shape index (κ1) is 17.0. The van der Waals surface area contributed by atoms with Crippen LogP contribution in [-0.4, -0.2) is 20.7 Å². The molecule has 25 heavy (non-hydrogen) atoms. The molecule has 0 aliphatic rings. The molecule has 0 atom stereocenters. The fourth-order valence-electron chi connectivity index (χ4n) is 2.27. The maximum Gasteiger partial charge on any atom is 0.277 e. The average molecular weight is 363 g/mol. The van der Waals surface area contributed by atoms with Gasteiger partial charge in [0.2, 0.25) is 0 Å². The molecular weight excluding hydrogens is 348 g/mol. The van der Waals surface area contributed by atoms with Gasteiger partial charge in [0.25, 0.3) is 5.91 Å². The molecule has 0 unspecified atom stereocenters. The summed E-state index contributed by atoms with van der Waals surface area (Å²) in [7, 11) is 0. The smallest absolute Gasteiger partial charge is 0.277 e. The highest BCUT2D eigenvalue weighted by Gasteiger charge is 2.21. The van der Waals surface area contributed by atoms with Crippen LogP contribution in [0.4, 0.5) is 19.5 Å². The SMILES string of the molecule is CCCn1cc(NC(=O)c2nc(-c3c(F)cccc3F)sc2N)cn1. The highest BCUT2D eigenvalue weighted by Crippen LogP contribution is 2.33. The van der Waals surface area contributed by atoms with E-state index in [0.717, 1.165) is 36.4 Å². The summed E-state index contributed by atoms with van der Waals surface area (Å²) in [4.78, 5) is 16.4. The van der Waals surface area contributed by atoms with Crippen molar-refractivity contribution in [2.45, 2.75) is 19.9 Å². The predicted molar refractivity (Wildman–Crippen MR) is 92.3 cm³/mol. The van der Waals surface area contributed by atoms with E-state index in [1.807, 2.05) is 6.92 Å². The number of nitrogens with two attached hydrogens (primary N) is 1. The topological polar surface area (TPSA) is 85.8 Å². The van der Waals surface area contributed by atoms with Gasteiger partial charge in [-0.1, -0.05) is 24.3 Å². The molecule has 3 aromatic rings. The number of halogens is 2. The molecule has 9 heteroatoms. The van der Waals surface area contributed by atoms with Crippen LogP contribution in [0.5, 0.6) is 0 Å². The Balaban J connectivity index is 1.85. The number of carbonyl (C=O) groups is 1. The summed E-state index contributed by atoms with van der Waals surface area (Å²) in [5.41, 5.74) is 5.93.